The number of Topliss-reactive ketones (excluding diaryl/α,β-unsaturated/α-hetero) is 1. The van der Waals surface area contributed by atoms with Gasteiger partial charge >= 0.3 is 6.03 Å². The van der Waals surface area contributed by atoms with Crippen molar-refractivity contribution in [1.82, 2.24) is 4.98 Å². The predicted octanol–water partition coefficient (Wildman–Crippen LogP) is 3.75. The van der Waals surface area contributed by atoms with E-state index in [4.69, 9.17) is 5.26 Å². The molecule has 0 bridgehead atoms. The number of benzene rings is 1. The van der Waals surface area contributed by atoms with Crippen molar-refractivity contribution in [2.24, 2.45) is 0 Å². The van der Waals surface area contributed by atoms with Crippen molar-refractivity contribution < 1.29 is 9.59 Å². The molecular formula is C19H18N4O2. The third-order valence-electron chi connectivity index (χ3n) is 4.03. The van der Waals surface area contributed by atoms with Crippen molar-refractivity contribution in [3.05, 3.63) is 53.7 Å². The van der Waals surface area contributed by atoms with E-state index >= 15 is 0 Å². The summed E-state index contributed by atoms with van der Waals surface area (Å²) in [6.45, 7) is 1.82. The van der Waals surface area contributed by atoms with Gasteiger partial charge in [0.05, 0.1) is 5.56 Å². The number of anilines is 2. The number of carbonyl (C=O) groups is 2. The van der Waals surface area contributed by atoms with E-state index < -0.39 is 0 Å². The fraction of sp³-hybridized carbons (Fsp3) is 0.263. The van der Waals surface area contributed by atoms with Crippen LogP contribution in [0, 0.1) is 11.3 Å². The second-order valence-electron chi connectivity index (χ2n) is 5.90. The smallest absolute Gasteiger partial charge is 0.294 e. The molecule has 126 valence electrons. The van der Waals surface area contributed by atoms with Gasteiger partial charge in [-0.15, -0.1) is 0 Å². The van der Waals surface area contributed by atoms with E-state index in [0.29, 0.717) is 29.1 Å². The Morgan fingerprint density at radius 2 is 2.12 bits per heavy atom. The molecule has 0 radical (unpaired) electrons. The number of carbonyl (C=O) groups excluding carboxylic acids is 2. The summed E-state index contributed by atoms with van der Waals surface area (Å²) in [5.41, 5.74) is 1.74. The van der Waals surface area contributed by atoms with Crippen molar-refractivity contribution in [3.63, 3.8) is 0 Å². The SMILES string of the molecule is CCC(=O)c1cccc(N(C(=O)Nc2ccc(C#N)cn2)C2CC2)c1. The molecule has 0 saturated heterocycles. The van der Waals surface area contributed by atoms with Crippen molar-refractivity contribution >= 4 is 23.3 Å². The third-order valence-corrected chi connectivity index (χ3v) is 4.03. The maximum absolute atomic E-state index is 12.7. The Labute approximate surface area is 146 Å². The van der Waals surface area contributed by atoms with Crippen molar-refractivity contribution in [2.45, 2.75) is 32.2 Å². The molecule has 1 N–H and O–H groups in total. The Morgan fingerprint density at radius 3 is 2.72 bits per heavy atom. The van der Waals surface area contributed by atoms with Crippen molar-refractivity contribution in [2.75, 3.05) is 10.2 Å². The molecule has 1 fully saturated rings. The lowest BCUT2D eigenvalue weighted by molar-refractivity contribution is 0.0988. The van der Waals surface area contributed by atoms with E-state index in [1.165, 1.54) is 6.20 Å². The number of rotatable bonds is 5. The largest absolute Gasteiger partial charge is 0.327 e. The first-order valence-electron chi connectivity index (χ1n) is 8.22. The molecule has 3 rings (SSSR count). The molecule has 1 aromatic carbocycles. The van der Waals surface area contributed by atoms with Crippen LogP contribution in [0.1, 0.15) is 42.1 Å². The van der Waals surface area contributed by atoms with Gasteiger partial charge in [0.2, 0.25) is 0 Å². The standard InChI is InChI=1S/C19H18N4O2/c1-2-17(24)14-4-3-5-16(10-14)23(15-7-8-15)19(25)22-18-9-6-13(11-20)12-21-18/h3-6,9-10,12,15H,2,7-8H2,1H3,(H,21,22,25). The number of hydrogen-bond donors (Lipinski definition) is 1. The lowest BCUT2D eigenvalue weighted by Gasteiger charge is -2.23. The summed E-state index contributed by atoms with van der Waals surface area (Å²) >= 11 is 0. The second kappa shape index (κ2) is 7.14. The maximum atomic E-state index is 12.7. The molecule has 1 aliphatic carbocycles. The lowest BCUT2D eigenvalue weighted by atomic mass is 10.1. The third kappa shape index (κ3) is 3.83. The van der Waals surface area contributed by atoms with Gasteiger partial charge in [-0.1, -0.05) is 19.1 Å². The van der Waals surface area contributed by atoms with Gasteiger partial charge in [0.15, 0.2) is 5.78 Å². The highest BCUT2D eigenvalue weighted by atomic mass is 16.2. The number of pyridine rings is 1. The molecule has 6 heteroatoms. The Balaban J connectivity index is 1.82. The summed E-state index contributed by atoms with van der Waals surface area (Å²) < 4.78 is 0. The van der Waals surface area contributed by atoms with Crippen LogP contribution in [0.2, 0.25) is 0 Å². The van der Waals surface area contributed by atoms with Gasteiger partial charge in [0, 0.05) is 29.9 Å². The average Bonchev–Trinajstić information content (AvgIpc) is 3.47. The first kappa shape index (κ1) is 16.7. The molecule has 6 nitrogen and oxygen atoms in total. The fourth-order valence-corrected chi connectivity index (χ4v) is 2.56. The van der Waals surface area contributed by atoms with Gasteiger partial charge in [0.1, 0.15) is 11.9 Å². The minimum Gasteiger partial charge on any atom is -0.294 e. The molecule has 2 aromatic rings. The lowest BCUT2D eigenvalue weighted by Crippen LogP contribution is -2.37. The quantitative estimate of drug-likeness (QED) is 0.844. The average molecular weight is 334 g/mol. The van der Waals surface area contributed by atoms with Crippen LogP contribution in [0.3, 0.4) is 0 Å². The van der Waals surface area contributed by atoms with Gasteiger partial charge in [-0.3, -0.25) is 15.0 Å². The second-order valence-corrected chi connectivity index (χ2v) is 5.90. The molecule has 2 amide bonds. The predicted molar refractivity (Wildman–Crippen MR) is 94.5 cm³/mol. The Bertz CT molecular complexity index is 835. The van der Waals surface area contributed by atoms with Gasteiger partial charge in [-0.25, -0.2) is 9.78 Å². The molecule has 25 heavy (non-hydrogen) atoms. The van der Waals surface area contributed by atoms with Crippen LogP contribution in [0.15, 0.2) is 42.6 Å². The minimum atomic E-state index is -0.291. The van der Waals surface area contributed by atoms with Crippen LogP contribution >= 0.6 is 0 Å². The molecule has 0 aliphatic heterocycles. The first-order valence-corrected chi connectivity index (χ1v) is 8.22. The van der Waals surface area contributed by atoms with Crippen molar-refractivity contribution in [3.8, 4) is 6.07 Å². The highest BCUT2D eigenvalue weighted by Gasteiger charge is 2.34. The van der Waals surface area contributed by atoms with Crippen molar-refractivity contribution in [1.29, 1.82) is 5.26 Å². The molecule has 1 saturated carbocycles. The zero-order valence-electron chi connectivity index (χ0n) is 13.9. The summed E-state index contributed by atoms with van der Waals surface area (Å²) in [7, 11) is 0. The number of hydrogen-bond acceptors (Lipinski definition) is 4. The minimum absolute atomic E-state index is 0.0479. The molecular weight excluding hydrogens is 316 g/mol. The number of aromatic nitrogens is 1. The maximum Gasteiger partial charge on any atom is 0.327 e. The highest BCUT2D eigenvalue weighted by molar-refractivity contribution is 6.03. The topological polar surface area (TPSA) is 86.1 Å². The van der Waals surface area contributed by atoms with Gasteiger partial charge in [-0.05, 0) is 37.1 Å². The number of nitrogens with zero attached hydrogens (tertiary/aromatic N) is 3. The number of amides is 2. The van der Waals surface area contributed by atoms with E-state index in [2.05, 4.69) is 10.3 Å². The number of ketones is 1. The number of nitriles is 1. The Morgan fingerprint density at radius 1 is 1.32 bits per heavy atom. The summed E-state index contributed by atoms with van der Waals surface area (Å²) in [5.74, 6) is 0.433. The normalized spacial score (nSPS) is 13.0. The van der Waals surface area contributed by atoms with Crippen LogP contribution in [0.25, 0.3) is 0 Å². The first-order chi connectivity index (χ1) is 12.1. The van der Waals surface area contributed by atoms with Gasteiger partial charge < -0.3 is 0 Å². The van der Waals surface area contributed by atoms with E-state index in [-0.39, 0.29) is 17.9 Å². The van der Waals surface area contributed by atoms with E-state index in [0.717, 1.165) is 12.8 Å². The Kier molecular flexibility index (Phi) is 4.75. The van der Waals surface area contributed by atoms with Gasteiger partial charge in [-0.2, -0.15) is 5.26 Å². The monoisotopic (exact) mass is 334 g/mol. The molecule has 0 unspecified atom stereocenters. The van der Waals surface area contributed by atoms with Crippen LogP contribution in [-0.4, -0.2) is 22.8 Å². The molecule has 0 atom stereocenters. The molecule has 0 spiro atoms. The van der Waals surface area contributed by atoms with E-state index in [1.54, 1.807) is 35.2 Å². The fourth-order valence-electron chi connectivity index (χ4n) is 2.56. The van der Waals surface area contributed by atoms with Crippen LogP contribution in [0.4, 0.5) is 16.3 Å². The Hall–Kier alpha value is -3.20. The van der Waals surface area contributed by atoms with Crippen LogP contribution in [-0.2, 0) is 0 Å². The van der Waals surface area contributed by atoms with Crippen LogP contribution in [0.5, 0.6) is 0 Å². The zero-order valence-corrected chi connectivity index (χ0v) is 13.9. The number of nitrogens with one attached hydrogen (secondary N) is 1. The summed E-state index contributed by atoms with van der Waals surface area (Å²) in [6, 6.07) is 12.2. The van der Waals surface area contributed by atoms with E-state index in [9.17, 15) is 9.59 Å². The highest BCUT2D eigenvalue weighted by Crippen LogP contribution is 2.32. The molecule has 1 heterocycles. The molecule has 1 aliphatic rings. The molecule has 1 aromatic heterocycles. The summed E-state index contributed by atoms with van der Waals surface area (Å²) in [5, 5.41) is 11.6. The van der Waals surface area contributed by atoms with E-state index in [1.807, 2.05) is 19.1 Å². The zero-order chi connectivity index (χ0) is 17.8. The van der Waals surface area contributed by atoms with Crippen LogP contribution < -0.4 is 10.2 Å². The van der Waals surface area contributed by atoms with Gasteiger partial charge in [0.25, 0.3) is 0 Å². The number of urea groups is 1. The summed E-state index contributed by atoms with van der Waals surface area (Å²) in [6.07, 6.45) is 3.70. The summed E-state index contributed by atoms with van der Waals surface area (Å²) in [4.78, 5) is 30.4.